The van der Waals surface area contributed by atoms with Crippen LogP contribution < -0.4 is 0 Å². The molecule has 2 aliphatic carbocycles. The summed E-state index contributed by atoms with van der Waals surface area (Å²) in [6.45, 7) is 3.91. The lowest BCUT2D eigenvalue weighted by Gasteiger charge is -2.56. The number of carbonyl (C=O) groups is 1. The molecule has 4 heteroatoms. The molecule has 3 aliphatic rings. The van der Waals surface area contributed by atoms with Gasteiger partial charge in [0, 0.05) is 44.6 Å². The van der Waals surface area contributed by atoms with Gasteiger partial charge in [-0.05, 0) is 54.7 Å². The molecule has 0 bridgehead atoms. The highest BCUT2D eigenvalue weighted by Crippen LogP contribution is 2.44. The van der Waals surface area contributed by atoms with Crippen molar-refractivity contribution in [2.45, 2.75) is 63.5 Å². The molecule has 4 rings (SSSR count). The van der Waals surface area contributed by atoms with E-state index in [-0.39, 0.29) is 18.6 Å². The van der Waals surface area contributed by atoms with Crippen molar-refractivity contribution >= 4 is 11.5 Å². The minimum Gasteiger partial charge on any atom is -0.395 e. The Morgan fingerprint density at radius 2 is 1.96 bits per heavy atom. The number of benzene rings is 1. The van der Waals surface area contributed by atoms with E-state index in [0.29, 0.717) is 18.4 Å². The molecule has 0 radical (unpaired) electrons. The fourth-order valence-corrected chi connectivity index (χ4v) is 5.07. The quantitative estimate of drug-likeness (QED) is 0.746. The van der Waals surface area contributed by atoms with E-state index in [1.54, 1.807) is 0 Å². The number of nitrogens with zero attached hydrogens (tertiary/aromatic N) is 2. The summed E-state index contributed by atoms with van der Waals surface area (Å²) in [7, 11) is 1.92. The minimum absolute atomic E-state index is 0.173. The molecular formula is C24H34N2O2. The third-order valence-corrected chi connectivity index (χ3v) is 6.93. The number of likely N-dealkylation sites (tertiary alicyclic amines) is 1. The average molecular weight is 383 g/mol. The maximum Gasteiger partial charge on any atom is 0.222 e. The fraction of sp³-hybridized carbons (Fsp3) is 0.625. The highest BCUT2D eigenvalue weighted by molar-refractivity contribution is 5.75. The molecule has 1 saturated heterocycles. The molecule has 1 aliphatic heterocycles. The molecule has 1 amide bonds. The highest BCUT2D eigenvalue weighted by atomic mass is 16.3. The molecule has 1 N–H and O–H groups in total. The van der Waals surface area contributed by atoms with Gasteiger partial charge in [0.2, 0.25) is 5.91 Å². The summed E-state index contributed by atoms with van der Waals surface area (Å²) in [5.74, 6) is 1.27. The Hall–Kier alpha value is -1.65. The minimum atomic E-state index is 0.173. The molecule has 2 fully saturated rings. The van der Waals surface area contributed by atoms with Gasteiger partial charge in [-0.25, -0.2) is 0 Å². The third-order valence-electron chi connectivity index (χ3n) is 6.93. The van der Waals surface area contributed by atoms with Gasteiger partial charge in [0.05, 0.1) is 6.61 Å². The number of allylic oxidation sites excluding steroid dienone is 2. The predicted molar refractivity (Wildman–Crippen MR) is 113 cm³/mol. The second kappa shape index (κ2) is 8.38. The Morgan fingerprint density at radius 1 is 1.21 bits per heavy atom. The van der Waals surface area contributed by atoms with Crippen molar-refractivity contribution in [1.29, 1.82) is 0 Å². The zero-order valence-electron chi connectivity index (χ0n) is 17.3. The van der Waals surface area contributed by atoms with E-state index in [0.717, 1.165) is 19.0 Å². The number of amides is 1. The first-order chi connectivity index (χ1) is 13.6. The van der Waals surface area contributed by atoms with Crippen LogP contribution in [-0.4, -0.2) is 59.6 Å². The number of aliphatic hydroxyl groups excluding tert-OH is 1. The van der Waals surface area contributed by atoms with Gasteiger partial charge in [0.25, 0.3) is 0 Å². The zero-order chi connectivity index (χ0) is 19.7. The van der Waals surface area contributed by atoms with Crippen molar-refractivity contribution in [2.75, 3.05) is 26.7 Å². The van der Waals surface area contributed by atoms with E-state index in [1.807, 2.05) is 18.9 Å². The largest absolute Gasteiger partial charge is 0.395 e. The summed E-state index contributed by atoms with van der Waals surface area (Å²) >= 11 is 0. The van der Waals surface area contributed by atoms with Gasteiger partial charge in [-0.3, -0.25) is 9.69 Å². The second-order valence-electron chi connectivity index (χ2n) is 8.85. The van der Waals surface area contributed by atoms with E-state index in [1.165, 1.54) is 48.8 Å². The van der Waals surface area contributed by atoms with Crippen LogP contribution >= 0.6 is 0 Å². The van der Waals surface area contributed by atoms with Crippen LogP contribution in [0.3, 0.4) is 0 Å². The van der Waals surface area contributed by atoms with E-state index < -0.39 is 0 Å². The van der Waals surface area contributed by atoms with Crippen LogP contribution in [-0.2, 0) is 4.79 Å². The first-order valence-corrected chi connectivity index (χ1v) is 11.0. The SMILES string of the molecule is CCC(=O)N(C)C[C@H]1[C@@H](c2ccc(C3=CCCC3)cc2)[C@@H](CO)N1CC1CC1. The summed E-state index contributed by atoms with van der Waals surface area (Å²) < 4.78 is 0. The summed E-state index contributed by atoms with van der Waals surface area (Å²) in [5.41, 5.74) is 4.11. The van der Waals surface area contributed by atoms with Gasteiger partial charge in [-0.2, -0.15) is 0 Å². The fourth-order valence-electron chi connectivity index (χ4n) is 5.07. The van der Waals surface area contributed by atoms with Crippen molar-refractivity contribution in [3.63, 3.8) is 0 Å². The molecule has 1 aromatic carbocycles. The normalized spacial score (nSPS) is 27.4. The monoisotopic (exact) mass is 382 g/mol. The van der Waals surface area contributed by atoms with Crippen LogP contribution in [0.1, 0.15) is 62.5 Å². The Morgan fingerprint density at radius 3 is 2.54 bits per heavy atom. The number of hydrogen-bond acceptors (Lipinski definition) is 3. The van der Waals surface area contributed by atoms with Crippen molar-refractivity contribution in [2.24, 2.45) is 5.92 Å². The summed E-state index contributed by atoms with van der Waals surface area (Å²) in [6.07, 6.45) is 9.16. The third kappa shape index (κ3) is 3.90. The lowest BCUT2D eigenvalue weighted by Crippen LogP contribution is -2.67. The van der Waals surface area contributed by atoms with Crippen molar-refractivity contribution in [3.8, 4) is 0 Å². The number of likely N-dealkylation sites (N-methyl/N-ethyl adjacent to an activating group) is 1. The molecule has 1 aromatic rings. The average Bonchev–Trinajstić information content (AvgIpc) is 3.38. The lowest BCUT2D eigenvalue weighted by atomic mass is 9.74. The van der Waals surface area contributed by atoms with Crippen LogP contribution in [0.5, 0.6) is 0 Å². The molecule has 0 unspecified atom stereocenters. The van der Waals surface area contributed by atoms with Gasteiger partial charge >= 0.3 is 0 Å². The Balaban J connectivity index is 1.53. The van der Waals surface area contributed by atoms with Crippen LogP contribution in [0.2, 0.25) is 0 Å². The van der Waals surface area contributed by atoms with E-state index in [2.05, 4.69) is 35.2 Å². The molecule has 3 atom stereocenters. The van der Waals surface area contributed by atoms with E-state index in [4.69, 9.17) is 0 Å². The lowest BCUT2D eigenvalue weighted by molar-refractivity contribution is -0.133. The molecule has 0 spiro atoms. The number of aliphatic hydroxyl groups is 1. The zero-order valence-corrected chi connectivity index (χ0v) is 17.3. The smallest absolute Gasteiger partial charge is 0.222 e. The molecule has 152 valence electrons. The standard InChI is InChI=1S/C24H34N2O2/c1-3-23(28)25(2)15-21-24(22(16-27)26(21)14-17-8-9-17)20-12-10-19(11-13-20)18-6-4-5-7-18/h6,10-13,17,21-22,24,27H,3-5,7-9,14-16H2,1-2H3/t21-,22+,24+/m0/s1. The van der Waals surface area contributed by atoms with Gasteiger partial charge in [-0.15, -0.1) is 0 Å². The second-order valence-corrected chi connectivity index (χ2v) is 8.85. The topological polar surface area (TPSA) is 43.8 Å². The van der Waals surface area contributed by atoms with Crippen molar-refractivity contribution in [1.82, 2.24) is 9.80 Å². The summed E-state index contributed by atoms with van der Waals surface area (Å²) in [4.78, 5) is 16.5. The van der Waals surface area contributed by atoms with Crippen LogP contribution in [0.25, 0.3) is 5.57 Å². The van der Waals surface area contributed by atoms with Gasteiger partial charge < -0.3 is 10.0 Å². The maximum absolute atomic E-state index is 12.2. The molecule has 4 nitrogen and oxygen atoms in total. The number of carbonyl (C=O) groups excluding carboxylic acids is 1. The summed E-state index contributed by atoms with van der Waals surface area (Å²) in [6, 6.07) is 9.49. The Kier molecular flexibility index (Phi) is 5.88. The Labute approximate surface area is 169 Å². The van der Waals surface area contributed by atoms with Crippen molar-refractivity contribution in [3.05, 3.63) is 41.5 Å². The first kappa shape index (κ1) is 19.7. The van der Waals surface area contributed by atoms with E-state index >= 15 is 0 Å². The van der Waals surface area contributed by atoms with E-state index in [9.17, 15) is 9.90 Å². The maximum atomic E-state index is 12.2. The number of hydrogen-bond donors (Lipinski definition) is 1. The van der Waals surface area contributed by atoms with Crippen LogP contribution in [0, 0.1) is 5.92 Å². The molecule has 1 saturated carbocycles. The van der Waals surface area contributed by atoms with Crippen molar-refractivity contribution < 1.29 is 9.90 Å². The molecule has 1 heterocycles. The molecule has 0 aromatic heterocycles. The van der Waals surface area contributed by atoms with Crippen LogP contribution in [0.4, 0.5) is 0 Å². The van der Waals surface area contributed by atoms with Gasteiger partial charge in [-0.1, -0.05) is 37.3 Å². The highest BCUT2D eigenvalue weighted by Gasteiger charge is 2.50. The van der Waals surface area contributed by atoms with Gasteiger partial charge in [0.1, 0.15) is 0 Å². The molecule has 28 heavy (non-hydrogen) atoms. The molecular weight excluding hydrogens is 348 g/mol. The Bertz CT molecular complexity index is 723. The van der Waals surface area contributed by atoms with Gasteiger partial charge in [0.15, 0.2) is 0 Å². The van der Waals surface area contributed by atoms with Crippen LogP contribution in [0.15, 0.2) is 30.3 Å². The predicted octanol–water partition coefficient (Wildman–Crippen LogP) is 3.66. The number of rotatable bonds is 8. The first-order valence-electron chi connectivity index (χ1n) is 11.0. The summed E-state index contributed by atoms with van der Waals surface area (Å²) in [5, 5.41) is 10.1.